The van der Waals surface area contributed by atoms with Gasteiger partial charge in [0.05, 0.1) is 18.1 Å². The van der Waals surface area contributed by atoms with Gasteiger partial charge in [-0.2, -0.15) is 0 Å². The van der Waals surface area contributed by atoms with E-state index in [2.05, 4.69) is 0 Å². The van der Waals surface area contributed by atoms with Crippen molar-refractivity contribution in [2.45, 2.75) is 38.7 Å². The quantitative estimate of drug-likeness (QED) is 0.716. The van der Waals surface area contributed by atoms with Crippen molar-refractivity contribution in [2.24, 2.45) is 0 Å². The maximum atomic E-state index is 12.2. The van der Waals surface area contributed by atoms with E-state index in [1.165, 1.54) is 12.1 Å². The number of benzene rings is 1. The molecule has 0 amide bonds. The van der Waals surface area contributed by atoms with Crippen molar-refractivity contribution in [1.29, 1.82) is 0 Å². The normalized spacial score (nSPS) is 19.8. The number of rotatable bonds is 0. The van der Waals surface area contributed by atoms with Gasteiger partial charge >= 0.3 is 5.97 Å². The van der Waals surface area contributed by atoms with Crippen LogP contribution in [-0.4, -0.2) is 28.1 Å². The van der Waals surface area contributed by atoms with Crippen LogP contribution in [0, 0.1) is 0 Å². The molecule has 5 nitrogen and oxygen atoms in total. The van der Waals surface area contributed by atoms with Crippen LogP contribution < -0.4 is 0 Å². The van der Waals surface area contributed by atoms with Crippen molar-refractivity contribution in [3.8, 4) is 11.5 Å². The van der Waals surface area contributed by atoms with Crippen LogP contribution in [0.25, 0.3) is 0 Å². The second-order valence-electron chi connectivity index (χ2n) is 5.27. The molecule has 1 aliphatic heterocycles. The summed E-state index contributed by atoms with van der Waals surface area (Å²) >= 11 is 5.77. The molecule has 2 N–H and O–H groups in total. The molecule has 0 fully saturated rings. The van der Waals surface area contributed by atoms with Gasteiger partial charge in [0.25, 0.3) is 0 Å². The zero-order valence-corrected chi connectivity index (χ0v) is 12.9. The predicted molar refractivity (Wildman–Crippen MR) is 81.4 cm³/mol. The van der Waals surface area contributed by atoms with Gasteiger partial charge < -0.3 is 14.9 Å². The summed E-state index contributed by atoms with van der Waals surface area (Å²) in [5.41, 5.74) is 0.107. The third-order valence-electron chi connectivity index (χ3n) is 3.47. The molecule has 1 atom stereocenters. The van der Waals surface area contributed by atoms with Gasteiger partial charge in [0.2, 0.25) is 0 Å². The van der Waals surface area contributed by atoms with E-state index in [1.54, 1.807) is 13.0 Å². The maximum Gasteiger partial charge on any atom is 0.310 e. The fourth-order valence-corrected chi connectivity index (χ4v) is 2.52. The minimum Gasteiger partial charge on any atom is -0.506 e. The largest absolute Gasteiger partial charge is 0.506 e. The van der Waals surface area contributed by atoms with E-state index < -0.39 is 17.5 Å². The Kier molecular flexibility index (Phi) is 5.08. The summed E-state index contributed by atoms with van der Waals surface area (Å²) < 4.78 is 5.25. The molecule has 1 aromatic carbocycles. The van der Waals surface area contributed by atoms with Gasteiger partial charge in [-0.3, -0.25) is 9.59 Å². The number of phenols is 2. The van der Waals surface area contributed by atoms with E-state index in [-0.39, 0.29) is 34.4 Å². The van der Waals surface area contributed by atoms with Gasteiger partial charge in [0.1, 0.15) is 16.5 Å². The van der Waals surface area contributed by atoms with Gasteiger partial charge in [-0.05, 0) is 43.9 Å². The minimum atomic E-state index is -0.524. The fraction of sp³-hybridized carbons (Fsp3) is 0.375. The molecule has 22 heavy (non-hydrogen) atoms. The molecule has 0 bridgehead atoms. The Hall–Kier alpha value is -2.01. The average Bonchev–Trinajstić information content (AvgIpc) is 2.43. The Bertz CT molecular complexity index is 636. The number of halogens is 1. The predicted octanol–water partition coefficient (Wildman–Crippen LogP) is 3.15. The topological polar surface area (TPSA) is 83.8 Å². The van der Waals surface area contributed by atoms with Crippen molar-refractivity contribution in [3.63, 3.8) is 0 Å². The number of allylic oxidation sites excluding steroid dienone is 2. The first-order valence-corrected chi connectivity index (χ1v) is 7.41. The van der Waals surface area contributed by atoms with Gasteiger partial charge in [0.15, 0.2) is 5.78 Å². The molecule has 1 unspecified atom stereocenters. The van der Waals surface area contributed by atoms with E-state index in [9.17, 15) is 19.8 Å². The van der Waals surface area contributed by atoms with Crippen molar-refractivity contribution in [1.82, 2.24) is 0 Å². The SMILES string of the molecule is CC1CCCC=CC(=O)c2c(cc(O)c(Cl)c2O)CC(=O)O1. The minimum absolute atomic E-state index is 0.0794. The van der Waals surface area contributed by atoms with Crippen molar-refractivity contribution in [2.75, 3.05) is 0 Å². The zero-order chi connectivity index (χ0) is 16.3. The Morgan fingerprint density at radius 3 is 2.77 bits per heavy atom. The number of ketones is 1. The fourth-order valence-electron chi connectivity index (χ4n) is 2.38. The molecule has 0 spiro atoms. The number of hydrogen-bond donors (Lipinski definition) is 2. The maximum absolute atomic E-state index is 12.2. The highest BCUT2D eigenvalue weighted by Gasteiger charge is 2.23. The number of esters is 1. The van der Waals surface area contributed by atoms with Crippen LogP contribution in [0.4, 0.5) is 0 Å². The van der Waals surface area contributed by atoms with Gasteiger partial charge in [0, 0.05) is 0 Å². The molecule has 118 valence electrons. The van der Waals surface area contributed by atoms with Crippen LogP contribution in [0.2, 0.25) is 5.02 Å². The van der Waals surface area contributed by atoms with Crippen LogP contribution in [-0.2, 0) is 16.0 Å². The van der Waals surface area contributed by atoms with Crippen molar-refractivity contribution < 1.29 is 24.5 Å². The van der Waals surface area contributed by atoms with E-state index in [0.717, 1.165) is 6.42 Å². The monoisotopic (exact) mass is 324 g/mol. The Labute approximate surface area is 133 Å². The number of carbonyl (C=O) groups is 2. The van der Waals surface area contributed by atoms with Crippen molar-refractivity contribution >= 4 is 23.4 Å². The number of hydrogen-bond acceptors (Lipinski definition) is 5. The molecule has 0 saturated heterocycles. The van der Waals surface area contributed by atoms with Crippen LogP contribution in [0.5, 0.6) is 11.5 Å². The Morgan fingerprint density at radius 1 is 1.32 bits per heavy atom. The van der Waals surface area contributed by atoms with Crippen molar-refractivity contribution in [3.05, 3.63) is 34.4 Å². The van der Waals surface area contributed by atoms with Gasteiger partial charge in [-0.25, -0.2) is 0 Å². The lowest BCUT2D eigenvalue weighted by molar-refractivity contribution is -0.147. The summed E-state index contributed by atoms with van der Waals surface area (Å²) in [6, 6.07) is 1.21. The molecular weight excluding hydrogens is 308 g/mol. The molecule has 0 radical (unpaired) electrons. The third-order valence-corrected chi connectivity index (χ3v) is 3.84. The number of fused-ring (bicyclic) bond motifs is 1. The smallest absolute Gasteiger partial charge is 0.310 e. The molecule has 2 rings (SSSR count). The van der Waals surface area contributed by atoms with Crippen LogP contribution in [0.1, 0.15) is 42.1 Å². The van der Waals surface area contributed by atoms with Crippen LogP contribution >= 0.6 is 11.6 Å². The van der Waals surface area contributed by atoms with Crippen LogP contribution in [0.3, 0.4) is 0 Å². The summed E-state index contributed by atoms with van der Waals surface area (Å²) in [5, 5.41) is 19.4. The second kappa shape index (κ2) is 6.83. The summed E-state index contributed by atoms with van der Waals surface area (Å²) in [4.78, 5) is 24.2. The van der Waals surface area contributed by atoms with Gasteiger partial charge in [-0.1, -0.05) is 17.7 Å². The molecule has 6 heteroatoms. The average molecular weight is 325 g/mol. The van der Waals surface area contributed by atoms with E-state index >= 15 is 0 Å². The zero-order valence-electron chi connectivity index (χ0n) is 12.1. The lowest BCUT2D eigenvalue weighted by Gasteiger charge is -2.16. The molecule has 0 aromatic heterocycles. The van der Waals surface area contributed by atoms with E-state index in [0.29, 0.717) is 12.8 Å². The first kappa shape index (κ1) is 16.4. The highest BCUT2D eigenvalue weighted by molar-refractivity contribution is 6.34. The molecule has 0 saturated carbocycles. The summed E-state index contributed by atoms with van der Waals surface area (Å²) in [6.45, 7) is 1.80. The summed E-state index contributed by atoms with van der Waals surface area (Å²) in [6.07, 6.45) is 4.76. The third kappa shape index (κ3) is 3.60. The lowest BCUT2D eigenvalue weighted by Crippen LogP contribution is -2.18. The van der Waals surface area contributed by atoms with E-state index in [4.69, 9.17) is 16.3 Å². The summed E-state index contributed by atoms with van der Waals surface area (Å²) in [7, 11) is 0. The number of ether oxygens (including phenoxy) is 1. The van der Waals surface area contributed by atoms with Crippen LogP contribution in [0.15, 0.2) is 18.2 Å². The highest BCUT2D eigenvalue weighted by atomic mass is 35.5. The van der Waals surface area contributed by atoms with E-state index in [1.807, 2.05) is 0 Å². The molecule has 0 aliphatic carbocycles. The molecule has 1 heterocycles. The second-order valence-corrected chi connectivity index (χ2v) is 5.65. The number of aromatic hydroxyl groups is 2. The first-order chi connectivity index (χ1) is 10.4. The molecule has 1 aromatic rings. The Morgan fingerprint density at radius 2 is 2.05 bits per heavy atom. The Balaban J connectivity index is 2.50. The number of phenolic OH excluding ortho intramolecular Hbond substituents is 2. The first-order valence-electron chi connectivity index (χ1n) is 7.03. The molecule has 1 aliphatic rings. The molecular formula is C16H17ClO5. The lowest BCUT2D eigenvalue weighted by atomic mass is 9.98. The highest BCUT2D eigenvalue weighted by Crippen LogP contribution is 2.38. The van der Waals surface area contributed by atoms with Gasteiger partial charge in [-0.15, -0.1) is 0 Å². The summed E-state index contributed by atoms with van der Waals surface area (Å²) in [5.74, 6) is -1.89. The number of cyclic esters (lactones) is 1. The number of carbonyl (C=O) groups excluding carboxylic acids is 2. The standard InChI is InChI=1S/C16H17ClO5/c1-9-5-3-2-4-6-11(18)14-10(8-13(20)22-9)7-12(19)15(17)16(14)21/h4,6-7,9,19,21H,2-3,5,8H2,1H3.